The van der Waals surface area contributed by atoms with Crippen LogP contribution in [-0.2, 0) is 6.42 Å². The second-order valence-corrected chi connectivity index (χ2v) is 8.31. The van der Waals surface area contributed by atoms with Crippen LogP contribution in [0.5, 0.6) is 0 Å². The first-order valence-corrected chi connectivity index (χ1v) is 10.4. The van der Waals surface area contributed by atoms with Gasteiger partial charge in [0, 0.05) is 23.5 Å². The van der Waals surface area contributed by atoms with Crippen LogP contribution in [0.2, 0.25) is 5.02 Å². The smallest absolute Gasteiger partial charge is 0.142 e. The van der Waals surface area contributed by atoms with Crippen LogP contribution in [0.4, 0.5) is 17.5 Å². The molecule has 1 aliphatic carbocycles. The number of aromatic nitrogens is 3. The molecule has 4 N–H and O–H groups in total. The summed E-state index contributed by atoms with van der Waals surface area (Å²) in [5.74, 6) is 2.58. The zero-order chi connectivity index (χ0) is 20.0. The molecule has 0 saturated heterocycles. The van der Waals surface area contributed by atoms with Gasteiger partial charge in [0.2, 0.25) is 0 Å². The normalized spacial score (nSPS) is 21.3. The van der Waals surface area contributed by atoms with E-state index in [1.165, 1.54) is 12.8 Å². The summed E-state index contributed by atoms with van der Waals surface area (Å²) in [5, 5.41) is 1.49. The fraction of sp³-hybridized carbons (Fsp3) is 0.318. The van der Waals surface area contributed by atoms with Gasteiger partial charge in [-0.2, -0.15) is 0 Å². The Balaban J connectivity index is 1.29. The van der Waals surface area contributed by atoms with Crippen molar-refractivity contribution in [2.24, 2.45) is 5.92 Å². The van der Waals surface area contributed by atoms with Crippen molar-refractivity contribution >= 4 is 46.0 Å². The predicted octanol–water partition coefficient (Wildman–Crippen LogP) is 4.09. The van der Waals surface area contributed by atoms with E-state index in [-0.39, 0.29) is 0 Å². The van der Waals surface area contributed by atoms with Crippen molar-refractivity contribution < 1.29 is 0 Å². The topological polar surface area (TPSA) is 94.0 Å². The summed E-state index contributed by atoms with van der Waals surface area (Å²) in [4.78, 5) is 15.4. The fourth-order valence-electron chi connectivity index (χ4n) is 4.57. The molecule has 2 aliphatic rings. The van der Waals surface area contributed by atoms with Gasteiger partial charge in [-0.15, -0.1) is 0 Å². The number of fused-ring (bicyclic) bond motifs is 2. The lowest BCUT2D eigenvalue weighted by Gasteiger charge is -2.25. The van der Waals surface area contributed by atoms with Crippen molar-refractivity contribution in [1.82, 2.24) is 15.0 Å². The molecular formula is C22H23ClN6. The number of nitrogen functional groups attached to an aromatic ring is 2. The SMILES string of the molecule is Nc1nc2cc(/C=C/C3CCC(N4CCc5c(N)ncnc54)C3)ccc2cc1Cl. The minimum absolute atomic E-state index is 0.370. The second-order valence-electron chi connectivity index (χ2n) is 7.90. The van der Waals surface area contributed by atoms with Crippen molar-refractivity contribution in [2.45, 2.75) is 31.7 Å². The van der Waals surface area contributed by atoms with Gasteiger partial charge in [-0.25, -0.2) is 15.0 Å². The van der Waals surface area contributed by atoms with Crippen LogP contribution in [0.15, 0.2) is 36.7 Å². The number of hydrogen-bond acceptors (Lipinski definition) is 6. The van der Waals surface area contributed by atoms with Gasteiger partial charge in [0.25, 0.3) is 0 Å². The molecule has 0 bridgehead atoms. The highest BCUT2D eigenvalue weighted by Gasteiger charge is 2.33. The highest BCUT2D eigenvalue weighted by atomic mass is 35.5. The summed E-state index contributed by atoms with van der Waals surface area (Å²) in [6.45, 7) is 0.986. The maximum atomic E-state index is 6.06. The average molecular weight is 407 g/mol. The number of pyridine rings is 1. The summed E-state index contributed by atoms with van der Waals surface area (Å²) in [7, 11) is 0. The molecule has 5 rings (SSSR count). The summed E-state index contributed by atoms with van der Waals surface area (Å²) < 4.78 is 0. The lowest BCUT2D eigenvalue weighted by Crippen LogP contribution is -2.32. The molecule has 7 heteroatoms. The second kappa shape index (κ2) is 7.19. The Kier molecular flexibility index (Phi) is 4.51. The molecule has 2 aromatic heterocycles. The molecule has 2 unspecified atom stereocenters. The lowest BCUT2D eigenvalue weighted by molar-refractivity contribution is 0.599. The Morgan fingerprint density at radius 1 is 1.10 bits per heavy atom. The first-order valence-electron chi connectivity index (χ1n) is 9.98. The molecule has 3 heterocycles. The van der Waals surface area contributed by atoms with E-state index < -0.39 is 0 Å². The van der Waals surface area contributed by atoms with Crippen LogP contribution >= 0.6 is 11.6 Å². The largest absolute Gasteiger partial charge is 0.383 e. The molecule has 29 heavy (non-hydrogen) atoms. The Morgan fingerprint density at radius 2 is 2.00 bits per heavy atom. The zero-order valence-corrected chi connectivity index (χ0v) is 16.8. The van der Waals surface area contributed by atoms with Crippen LogP contribution < -0.4 is 16.4 Å². The number of hydrogen-bond donors (Lipinski definition) is 2. The quantitative estimate of drug-likeness (QED) is 0.680. The number of benzene rings is 1. The Hall–Kier alpha value is -2.86. The van der Waals surface area contributed by atoms with E-state index in [1.54, 1.807) is 6.33 Å². The van der Waals surface area contributed by atoms with E-state index in [4.69, 9.17) is 23.1 Å². The fourth-order valence-corrected chi connectivity index (χ4v) is 4.73. The number of rotatable bonds is 3. The molecule has 1 aliphatic heterocycles. The minimum Gasteiger partial charge on any atom is -0.383 e. The maximum Gasteiger partial charge on any atom is 0.142 e. The van der Waals surface area contributed by atoms with Gasteiger partial charge in [-0.1, -0.05) is 35.9 Å². The van der Waals surface area contributed by atoms with Gasteiger partial charge in [0.15, 0.2) is 0 Å². The van der Waals surface area contributed by atoms with Gasteiger partial charge in [0.05, 0.1) is 10.5 Å². The van der Waals surface area contributed by atoms with Crippen molar-refractivity contribution in [3.63, 3.8) is 0 Å². The molecule has 1 fully saturated rings. The average Bonchev–Trinajstić information content (AvgIpc) is 3.35. The third kappa shape index (κ3) is 3.38. The first kappa shape index (κ1) is 18.2. The molecule has 1 aromatic carbocycles. The van der Waals surface area contributed by atoms with E-state index in [1.807, 2.05) is 12.1 Å². The summed E-state index contributed by atoms with van der Waals surface area (Å²) >= 11 is 6.06. The van der Waals surface area contributed by atoms with Gasteiger partial charge < -0.3 is 16.4 Å². The molecule has 3 aromatic rings. The number of halogens is 1. The van der Waals surface area contributed by atoms with E-state index in [9.17, 15) is 0 Å². The molecule has 0 amide bonds. The predicted molar refractivity (Wildman–Crippen MR) is 119 cm³/mol. The van der Waals surface area contributed by atoms with E-state index in [0.717, 1.165) is 47.2 Å². The highest BCUT2D eigenvalue weighted by molar-refractivity contribution is 6.33. The minimum atomic E-state index is 0.370. The number of anilines is 3. The number of allylic oxidation sites excluding steroid dienone is 1. The Morgan fingerprint density at radius 3 is 2.90 bits per heavy atom. The zero-order valence-electron chi connectivity index (χ0n) is 16.1. The van der Waals surface area contributed by atoms with Crippen molar-refractivity contribution in [3.05, 3.63) is 52.8 Å². The van der Waals surface area contributed by atoms with E-state index in [0.29, 0.717) is 28.6 Å². The maximum absolute atomic E-state index is 6.06. The first-order chi connectivity index (χ1) is 14.1. The third-order valence-electron chi connectivity index (χ3n) is 6.10. The van der Waals surface area contributed by atoms with Crippen LogP contribution in [0.3, 0.4) is 0 Å². The van der Waals surface area contributed by atoms with Crippen molar-refractivity contribution in [2.75, 3.05) is 22.9 Å². The monoisotopic (exact) mass is 406 g/mol. The van der Waals surface area contributed by atoms with Gasteiger partial charge in [0.1, 0.15) is 23.8 Å². The van der Waals surface area contributed by atoms with Crippen LogP contribution in [0.1, 0.15) is 30.4 Å². The lowest BCUT2D eigenvalue weighted by atomic mass is 10.0. The van der Waals surface area contributed by atoms with E-state index >= 15 is 0 Å². The van der Waals surface area contributed by atoms with Crippen LogP contribution in [-0.4, -0.2) is 27.5 Å². The Bertz CT molecular complexity index is 1110. The Labute approximate surface area is 174 Å². The molecular weight excluding hydrogens is 384 g/mol. The van der Waals surface area contributed by atoms with Gasteiger partial charge >= 0.3 is 0 Å². The standard InChI is InChI=1S/C22H23ClN6/c23-18-11-15-5-3-14(10-19(15)28-21(18)25)2-1-13-4-6-16(9-13)29-8-7-17-20(24)26-12-27-22(17)29/h1-3,5,10-13,16H,4,6-9H2,(H2,25,28)(H2,24,26,27)/b2-1+. The van der Waals surface area contributed by atoms with Crippen LogP contribution in [0, 0.1) is 5.92 Å². The van der Waals surface area contributed by atoms with Crippen molar-refractivity contribution in [3.8, 4) is 0 Å². The highest BCUT2D eigenvalue weighted by Crippen LogP contribution is 2.38. The molecule has 148 valence electrons. The number of nitrogens with two attached hydrogens (primary N) is 2. The summed E-state index contributed by atoms with van der Waals surface area (Å²) in [6, 6.07) is 8.56. The van der Waals surface area contributed by atoms with Crippen molar-refractivity contribution in [1.29, 1.82) is 0 Å². The molecule has 0 spiro atoms. The summed E-state index contributed by atoms with van der Waals surface area (Å²) in [6.07, 6.45) is 10.5. The van der Waals surface area contributed by atoms with Crippen LogP contribution in [0.25, 0.3) is 17.0 Å². The molecule has 6 nitrogen and oxygen atoms in total. The third-order valence-corrected chi connectivity index (χ3v) is 6.40. The molecule has 2 atom stereocenters. The van der Waals surface area contributed by atoms with Gasteiger partial charge in [-0.3, -0.25) is 0 Å². The molecule has 0 radical (unpaired) electrons. The summed E-state index contributed by atoms with van der Waals surface area (Å²) in [5.41, 5.74) is 15.0. The van der Waals surface area contributed by atoms with E-state index in [2.05, 4.69) is 44.1 Å². The number of nitrogens with zero attached hydrogens (tertiary/aromatic N) is 4. The molecule has 1 saturated carbocycles. The van der Waals surface area contributed by atoms with Gasteiger partial charge in [-0.05, 0) is 49.3 Å².